The van der Waals surface area contributed by atoms with E-state index >= 15 is 0 Å². The van der Waals surface area contributed by atoms with Gasteiger partial charge in [-0.3, -0.25) is 4.79 Å². The Labute approximate surface area is 161 Å². The van der Waals surface area contributed by atoms with Gasteiger partial charge in [-0.05, 0) is 18.6 Å². The summed E-state index contributed by atoms with van der Waals surface area (Å²) in [5.41, 5.74) is 0.591. The lowest BCUT2D eigenvalue weighted by Crippen LogP contribution is -2.38. The molecule has 5 nitrogen and oxygen atoms in total. The number of rotatable bonds is 4. The second-order valence-electron chi connectivity index (χ2n) is 6.14. The fourth-order valence-electron chi connectivity index (χ4n) is 3.02. The van der Waals surface area contributed by atoms with Gasteiger partial charge in [0.25, 0.3) is 0 Å². The Morgan fingerprint density at radius 1 is 1.36 bits per heavy atom. The normalized spacial score (nSPS) is 26.2. The molecule has 1 amide bonds. The fourth-order valence-corrected chi connectivity index (χ4v) is 7.33. The van der Waals surface area contributed by atoms with Crippen LogP contribution in [0.3, 0.4) is 0 Å². The van der Waals surface area contributed by atoms with E-state index in [0.29, 0.717) is 27.3 Å². The molecule has 25 heavy (non-hydrogen) atoms. The number of hydrogen-bond donors (Lipinski definition) is 0. The predicted molar refractivity (Wildman–Crippen MR) is 105 cm³/mol. The minimum absolute atomic E-state index is 0.0235. The van der Waals surface area contributed by atoms with Crippen LogP contribution >= 0.6 is 35.0 Å². The number of carbonyl (C=O) groups excluding carboxylic acids is 1. The van der Waals surface area contributed by atoms with Crippen molar-refractivity contribution in [3.05, 3.63) is 28.2 Å². The van der Waals surface area contributed by atoms with Gasteiger partial charge in [-0.25, -0.2) is 8.42 Å². The van der Waals surface area contributed by atoms with Crippen molar-refractivity contribution >= 4 is 61.6 Å². The molecular formula is C16H18Cl2N2O3S2. The second kappa shape index (κ2) is 7.47. The zero-order valence-corrected chi connectivity index (χ0v) is 16.8. The Morgan fingerprint density at radius 2 is 2.12 bits per heavy atom. The molecule has 2 heterocycles. The number of nitrogens with zero attached hydrogens (tertiary/aromatic N) is 2. The highest BCUT2D eigenvalue weighted by atomic mass is 35.5. The molecule has 0 spiro atoms. The molecule has 1 aromatic carbocycles. The van der Waals surface area contributed by atoms with Gasteiger partial charge in [-0.15, -0.1) is 0 Å². The smallest absolute Gasteiger partial charge is 0.248 e. The molecule has 2 fully saturated rings. The molecule has 2 saturated heterocycles. The van der Waals surface area contributed by atoms with Crippen LogP contribution in [0, 0.1) is 0 Å². The number of amidine groups is 1. The molecule has 0 unspecified atom stereocenters. The second-order valence-corrected chi connectivity index (χ2v) is 10.3. The summed E-state index contributed by atoms with van der Waals surface area (Å²) < 4.78 is 24.1. The summed E-state index contributed by atoms with van der Waals surface area (Å²) in [5, 5.41) is 1.07. The highest BCUT2D eigenvalue weighted by Gasteiger charge is 2.49. The Morgan fingerprint density at radius 3 is 2.84 bits per heavy atom. The summed E-state index contributed by atoms with van der Waals surface area (Å²) in [5.74, 6) is -0.0927. The molecule has 0 aromatic heterocycles. The molecule has 2 aliphatic heterocycles. The molecule has 3 rings (SSSR count). The van der Waals surface area contributed by atoms with E-state index in [1.165, 1.54) is 11.8 Å². The van der Waals surface area contributed by atoms with Crippen LogP contribution < -0.4 is 4.90 Å². The largest absolute Gasteiger partial charge is 0.314 e. The van der Waals surface area contributed by atoms with Gasteiger partial charge in [0.05, 0.1) is 33.3 Å². The number of carbonyl (C=O) groups is 1. The summed E-state index contributed by atoms with van der Waals surface area (Å²) >= 11 is 13.8. The van der Waals surface area contributed by atoms with Crippen molar-refractivity contribution in [1.29, 1.82) is 0 Å². The van der Waals surface area contributed by atoms with Crippen LogP contribution in [0.1, 0.15) is 26.2 Å². The molecule has 136 valence electrons. The maximum atomic E-state index is 12.1. The van der Waals surface area contributed by atoms with E-state index in [9.17, 15) is 13.2 Å². The van der Waals surface area contributed by atoms with Gasteiger partial charge in [-0.1, -0.05) is 54.4 Å². The Hall–Kier alpha value is -0.760. The standard InChI is InChI=1S/C16H18Cl2N2O3S2/c1-2-3-7-14(21)19-16-20(11-6-4-5-10(17)15(11)18)12-8-25(22,23)9-13(12)24-16/h4-6,12-13H,2-3,7-9H2,1H3/t12-,13-/m1/s1. The number of hydrogen-bond acceptors (Lipinski definition) is 4. The molecule has 0 N–H and O–H groups in total. The Bertz CT molecular complexity index is 827. The first-order valence-electron chi connectivity index (χ1n) is 8.04. The Kier molecular flexibility index (Phi) is 5.68. The maximum Gasteiger partial charge on any atom is 0.248 e. The third kappa shape index (κ3) is 3.99. The monoisotopic (exact) mass is 420 g/mol. The number of halogens is 2. The topological polar surface area (TPSA) is 66.8 Å². The summed E-state index contributed by atoms with van der Waals surface area (Å²) in [6.45, 7) is 2.01. The van der Waals surface area contributed by atoms with Crippen molar-refractivity contribution in [3.63, 3.8) is 0 Å². The van der Waals surface area contributed by atoms with Crippen LogP contribution in [-0.4, -0.2) is 42.3 Å². The molecule has 2 atom stereocenters. The van der Waals surface area contributed by atoms with E-state index in [1.807, 2.05) is 6.92 Å². The lowest BCUT2D eigenvalue weighted by Gasteiger charge is -2.25. The molecule has 9 heteroatoms. The van der Waals surface area contributed by atoms with Gasteiger partial charge in [0.2, 0.25) is 5.91 Å². The quantitative estimate of drug-likeness (QED) is 0.740. The number of thioether (sulfide) groups is 1. The molecule has 1 aromatic rings. The number of benzene rings is 1. The number of aliphatic imine (C=N–C) groups is 1. The zero-order valence-electron chi connectivity index (χ0n) is 13.6. The summed E-state index contributed by atoms with van der Waals surface area (Å²) in [6, 6.07) is 4.90. The van der Waals surface area contributed by atoms with Crippen molar-refractivity contribution in [2.45, 2.75) is 37.5 Å². The van der Waals surface area contributed by atoms with Gasteiger partial charge < -0.3 is 4.90 Å². The van der Waals surface area contributed by atoms with Gasteiger partial charge in [-0.2, -0.15) is 4.99 Å². The highest BCUT2D eigenvalue weighted by molar-refractivity contribution is 8.16. The van der Waals surface area contributed by atoms with E-state index in [4.69, 9.17) is 23.2 Å². The van der Waals surface area contributed by atoms with Crippen LogP contribution in [0.2, 0.25) is 10.0 Å². The van der Waals surface area contributed by atoms with Crippen LogP contribution in [0.4, 0.5) is 5.69 Å². The average molecular weight is 421 g/mol. The van der Waals surface area contributed by atoms with Gasteiger partial charge in [0.1, 0.15) is 0 Å². The average Bonchev–Trinajstić information content (AvgIpc) is 2.99. The van der Waals surface area contributed by atoms with E-state index in [1.54, 1.807) is 23.1 Å². The summed E-state index contributed by atoms with van der Waals surface area (Å²) in [6.07, 6.45) is 2.07. The summed E-state index contributed by atoms with van der Waals surface area (Å²) in [7, 11) is -3.11. The predicted octanol–water partition coefficient (Wildman–Crippen LogP) is 3.79. The number of anilines is 1. The third-order valence-corrected chi connectivity index (χ3v) is 8.24. The van der Waals surface area contributed by atoms with E-state index in [0.717, 1.165) is 12.8 Å². The van der Waals surface area contributed by atoms with Crippen LogP contribution in [0.15, 0.2) is 23.2 Å². The maximum absolute atomic E-state index is 12.1. The molecule has 0 aliphatic carbocycles. The van der Waals surface area contributed by atoms with Crippen molar-refractivity contribution in [1.82, 2.24) is 0 Å². The molecule has 0 radical (unpaired) electrons. The highest BCUT2D eigenvalue weighted by Crippen LogP contribution is 2.44. The van der Waals surface area contributed by atoms with Crippen LogP contribution in [-0.2, 0) is 14.6 Å². The lowest BCUT2D eigenvalue weighted by molar-refractivity contribution is -0.117. The molecule has 2 aliphatic rings. The molecule has 0 bridgehead atoms. The van der Waals surface area contributed by atoms with Crippen molar-refractivity contribution in [2.75, 3.05) is 16.4 Å². The van der Waals surface area contributed by atoms with Gasteiger partial charge in [0.15, 0.2) is 15.0 Å². The Balaban J connectivity index is 2.00. The van der Waals surface area contributed by atoms with Crippen molar-refractivity contribution in [3.8, 4) is 0 Å². The van der Waals surface area contributed by atoms with Crippen molar-refractivity contribution in [2.24, 2.45) is 4.99 Å². The first-order chi connectivity index (χ1) is 11.8. The van der Waals surface area contributed by atoms with Crippen molar-refractivity contribution < 1.29 is 13.2 Å². The van der Waals surface area contributed by atoms with Gasteiger partial charge in [0, 0.05) is 11.7 Å². The summed E-state index contributed by atoms with van der Waals surface area (Å²) in [4.78, 5) is 18.1. The van der Waals surface area contributed by atoms with Crippen LogP contribution in [0.5, 0.6) is 0 Å². The van der Waals surface area contributed by atoms with Gasteiger partial charge >= 0.3 is 0 Å². The van der Waals surface area contributed by atoms with E-state index in [2.05, 4.69) is 4.99 Å². The minimum atomic E-state index is -3.11. The van der Waals surface area contributed by atoms with E-state index < -0.39 is 9.84 Å². The van der Waals surface area contributed by atoms with E-state index in [-0.39, 0.29) is 28.7 Å². The first-order valence-corrected chi connectivity index (χ1v) is 11.5. The number of sulfone groups is 1. The van der Waals surface area contributed by atoms with Crippen LogP contribution in [0.25, 0.3) is 0 Å². The third-order valence-electron chi connectivity index (χ3n) is 4.22. The minimum Gasteiger partial charge on any atom is -0.314 e. The molecular weight excluding hydrogens is 403 g/mol. The first kappa shape index (κ1) is 19.0. The molecule has 0 saturated carbocycles. The lowest BCUT2D eigenvalue weighted by atomic mass is 10.2. The zero-order chi connectivity index (χ0) is 18.2. The number of amides is 1. The SMILES string of the molecule is CCCCC(=O)N=C1S[C@@H]2CS(=O)(=O)C[C@H]2N1c1cccc(Cl)c1Cl. The number of fused-ring (bicyclic) bond motifs is 1. The fraction of sp³-hybridized carbons (Fsp3) is 0.500. The number of unbranched alkanes of at least 4 members (excludes halogenated alkanes) is 1.